The van der Waals surface area contributed by atoms with E-state index in [-0.39, 0.29) is 19.1 Å². The van der Waals surface area contributed by atoms with Crippen LogP contribution in [-0.2, 0) is 4.79 Å². The summed E-state index contributed by atoms with van der Waals surface area (Å²) in [6, 6.07) is 5.12. The third kappa shape index (κ3) is 6.80. The highest BCUT2D eigenvalue weighted by molar-refractivity contribution is 9.10. The first-order chi connectivity index (χ1) is 9.13. The second-order valence-corrected chi connectivity index (χ2v) is 5.29. The zero-order valence-electron chi connectivity index (χ0n) is 10.5. The van der Waals surface area contributed by atoms with Crippen LogP contribution in [0.15, 0.2) is 22.7 Å². The van der Waals surface area contributed by atoms with Gasteiger partial charge >= 0.3 is 0 Å². The molecule has 1 aromatic rings. The number of hydrogen-bond donors (Lipinski definition) is 2. The van der Waals surface area contributed by atoms with Crippen molar-refractivity contribution in [3.05, 3.63) is 27.7 Å². The Morgan fingerprint density at radius 1 is 1.37 bits per heavy atom. The van der Waals surface area contributed by atoms with E-state index in [2.05, 4.69) is 21.2 Å². The van der Waals surface area contributed by atoms with Gasteiger partial charge in [0.15, 0.2) is 6.61 Å². The number of rotatable bonds is 8. The normalized spacial score (nSPS) is 10.3. The fourth-order valence-corrected chi connectivity index (χ4v) is 2.23. The maximum atomic E-state index is 11.5. The minimum atomic E-state index is -0.161. The Hall–Kier alpha value is -0.780. The number of benzene rings is 1. The maximum Gasteiger partial charge on any atom is 0.257 e. The summed E-state index contributed by atoms with van der Waals surface area (Å²) in [6.45, 7) is 0.770. The summed E-state index contributed by atoms with van der Waals surface area (Å²) in [6.07, 6.45) is 2.53. The van der Waals surface area contributed by atoms with E-state index in [1.165, 1.54) is 0 Å². The summed E-state index contributed by atoms with van der Waals surface area (Å²) >= 11 is 9.12. The summed E-state index contributed by atoms with van der Waals surface area (Å²) in [5.41, 5.74) is 0. The Kier molecular flexibility index (Phi) is 7.86. The average Bonchev–Trinajstić information content (AvgIpc) is 2.37. The molecule has 6 heteroatoms. The first kappa shape index (κ1) is 16.3. The number of hydrogen-bond acceptors (Lipinski definition) is 3. The van der Waals surface area contributed by atoms with Gasteiger partial charge in [-0.3, -0.25) is 4.79 Å². The number of amides is 1. The molecule has 1 rings (SSSR count). The SMILES string of the molecule is O=C(COc1ccc(Cl)cc1Br)NCCCCCO. The third-order valence-corrected chi connectivity index (χ3v) is 3.26. The Bertz CT molecular complexity index is 415. The van der Waals surface area contributed by atoms with Crippen LogP contribution in [0, 0.1) is 0 Å². The average molecular weight is 351 g/mol. The van der Waals surface area contributed by atoms with Crippen molar-refractivity contribution in [1.82, 2.24) is 5.32 Å². The van der Waals surface area contributed by atoms with Crippen LogP contribution in [-0.4, -0.2) is 30.8 Å². The van der Waals surface area contributed by atoms with Gasteiger partial charge in [0.2, 0.25) is 0 Å². The highest BCUT2D eigenvalue weighted by atomic mass is 79.9. The molecule has 0 fully saturated rings. The molecule has 2 N–H and O–H groups in total. The van der Waals surface area contributed by atoms with E-state index in [0.29, 0.717) is 17.3 Å². The van der Waals surface area contributed by atoms with Crippen molar-refractivity contribution in [3.8, 4) is 5.75 Å². The van der Waals surface area contributed by atoms with E-state index in [1.807, 2.05) is 0 Å². The minimum absolute atomic E-state index is 0.0275. The number of ether oxygens (including phenoxy) is 1. The quantitative estimate of drug-likeness (QED) is 0.709. The molecule has 0 heterocycles. The fraction of sp³-hybridized carbons (Fsp3) is 0.462. The predicted molar refractivity (Wildman–Crippen MR) is 78.6 cm³/mol. The maximum absolute atomic E-state index is 11.5. The molecule has 4 nitrogen and oxygen atoms in total. The monoisotopic (exact) mass is 349 g/mol. The third-order valence-electron chi connectivity index (χ3n) is 2.41. The topological polar surface area (TPSA) is 58.6 Å². The lowest BCUT2D eigenvalue weighted by molar-refractivity contribution is -0.123. The van der Waals surface area contributed by atoms with Crippen molar-refractivity contribution >= 4 is 33.4 Å². The van der Waals surface area contributed by atoms with Gasteiger partial charge in [-0.25, -0.2) is 0 Å². The lowest BCUT2D eigenvalue weighted by Gasteiger charge is -2.09. The van der Waals surface area contributed by atoms with Crippen LogP contribution in [0.2, 0.25) is 5.02 Å². The molecular weight excluding hydrogens is 334 g/mol. The van der Waals surface area contributed by atoms with E-state index in [0.717, 1.165) is 23.7 Å². The second-order valence-electron chi connectivity index (χ2n) is 4.00. The Balaban J connectivity index is 2.22. The van der Waals surface area contributed by atoms with Gasteiger partial charge in [-0.15, -0.1) is 0 Å². The number of aliphatic hydroxyl groups excluding tert-OH is 1. The molecule has 0 spiro atoms. The minimum Gasteiger partial charge on any atom is -0.483 e. The van der Waals surface area contributed by atoms with Gasteiger partial charge in [-0.2, -0.15) is 0 Å². The molecule has 1 aromatic carbocycles. The number of carbonyl (C=O) groups excluding carboxylic acids is 1. The number of nitrogens with one attached hydrogen (secondary N) is 1. The van der Waals surface area contributed by atoms with E-state index >= 15 is 0 Å². The van der Waals surface area contributed by atoms with E-state index in [1.54, 1.807) is 18.2 Å². The number of unbranched alkanes of at least 4 members (excludes halogenated alkanes) is 2. The van der Waals surface area contributed by atoms with Crippen molar-refractivity contribution < 1.29 is 14.6 Å². The molecule has 0 aromatic heterocycles. The van der Waals surface area contributed by atoms with Gasteiger partial charge in [0.05, 0.1) is 4.47 Å². The first-order valence-corrected chi connectivity index (χ1v) is 7.26. The summed E-state index contributed by atoms with van der Waals surface area (Å²) < 4.78 is 6.09. The van der Waals surface area contributed by atoms with Crippen LogP contribution >= 0.6 is 27.5 Å². The summed E-state index contributed by atoms with van der Waals surface area (Å²) in [5.74, 6) is 0.422. The lowest BCUT2D eigenvalue weighted by atomic mass is 10.2. The molecule has 0 saturated heterocycles. The first-order valence-electron chi connectivity index (χ1n) is 6.09. The van der Waals surface area contributed by atoms with Crippen molar-refractivity contribution in [2.45, 2.75) is 19.3 Å². The van der Waals surface area contributed by atoms with Crippen LogP contribution in [0.1, 0.15) is 19.3 Å². The van der Waals surface area contributed by atoms with Crippen molar-refractivity contribution in [2.75, 3.05) is 19.8 Å². The molecule has 0 unspecified atom stereocenters. The Morgan fingerprint density at radius 2 is 2.16 bits per heavy atom. The van der Waals surface area contributed by atoms with Crippen LogP contribution < -0.4 is 10.1 Å². The predicted octanol–water partition coefficient (Wildman–Crippen LogP) is 2.76. The lowest BCUT2D eigenvalue weighted by Crippen LogP contribution is -2.29. The van der Waals surface area contributed by atoms with Gasteiger partial charge < -0.3 is 15.2 Å². The molecule has 19 heavy (non-hydrogen) atoms. The van der Waals surface area contributed by atoms with Crippen LogP contribution in [0.3, 0.4) is 0 Å². The molecule has 0 bridgehead atoms. The zero-order valence-corrected chi connectivity index (χ0v) is 12.8. The summed E-state index contributed by atoms with van der Waals surface area (Å²) in [4.78, 5) is 11.5. The molecule has 0 aliphatic heterocycles. The molecule has 1 amide bonds. The second kappa shape index (κ2) is 9.18. The van der Waals surface area contributed by atoms with Gasteiger partial charge in [0.25, 0.3) is 5.91 Å². The van der Waals surface area contributed by atoms with Gasteiger partial charge in [-0.1, -0.05) is 11.6 Å². The number of carbonyl (C=O) groups is 1. The molecule has 0 aliphatic rings. The van der Waals surface area contributed by atoms with Crippen molar-refractivity contribution in [1.29, 1.82) is 0 Å². The summed E-state index contributed by atoms with van der Waals surface area (Å²) in [7, 11) is 0. The number of aliphatic hydroxyl groups is 1. The van der Waals surface area contributed by atoms with Crippen LogP contribution in [0.25, 0.3) is 0 Å². The summed E-state index contributed by atoms with van der Waals surface area (Å²) in [5, 5.41) is 12.0. The highest BCUT2D eigenvalue weighted by Crippen LogP contribution is 2.27. The molecular formula is C13H17BrClNO3. The van der Waals surface area contributed by atoms with Crippen molar-refractivity contribution in [2.24, 2.45) is 0 Å². The van der Waals surface area contributed by atoms with Gasteiger partial charge in [0.1, 0.15) is 5.75 Å². The molecule has 0 aliphatic carbocycles. The highest BCUT2D eigenvalue weighted by Gasteiger charge is 2.05. The van der Waals surface area contributed by atoms with E-state index in [9.17, 15) is 4.79 Å². The standard InChI is InChI=1S/C13H17BrClNO3/c14-11-8-10(15)4-5-12(11)19-9-13(18)16-6-2-1-3-7-17/h4-5,8,17H,1-3,6-7,9H2,(H,16,18). The smallest absolute Gasteiger partial charge is 0.257 e. The van der Waals surface area contributed by atoms with Gasteiger partial charge in [0, 0.05) is 18.2 Å². The zero-order chi connectivity index (χ0) is 14.1. The Morgan fingerprint density at radius 3 is 2.84 bits per heavy atom. The fourth-order valence-electron chi connectivity index (χ4n) is 1.43. The Labute approximate surface area is 126 Å². The molecule has 0 saturated carbocycles. The van der Waals surface area contributed by atoms with Crippen molar-refractivity contribution in [3.63, 3.8) is 0 Å². The van der Waals surface area contributed by atoms with E-state index in [4.69, 9.17) is 21.4 Å². The number of halogens is 2. The largest absolute Gasteiger partial charge is 0.483 e. The van der Waals surface area contributed by atoms with E-state index < -0.39 is 0 Å². The molecule has 106 valence electrons. The van der Waals surface area contributed by atoms with Gasteiger partial charge in [-0.05, 0) is 53.4 Å². The van der Waals surface area contributed by atoms with Crippen LogP contribution in [0.5, 0.6) is 5.75 Å². The molecule has 0 atom stereocenters. The molecule has 0 radical (unpaired) electrons. The van der Waals surface area contributed by atoms with Crippen LogP contribution in [0.4, 0.5) is 0 Å².